The van der Waals surface area contributed by atoms with Gasteiger partial charge in [0, 0.05) is 32.6 Å². The van der Waals surface area contributed by atoms with Crippen LogP contribution in [0.4, 0.5) is 0 Å². The lowest BCUT2D eigenvalue weighted by molar-refractivity contribution is -0.128. The lowest BCUT2D eigenvalue weighted by atomic mass is 10.1. The number of benzene rings is 1. The van der Waals surface area contributed by atoms with Crippen LogP contribution < -0.4 is 10.6 Å². The Hall–Kier alpha value is -1.92. The van der Waals surface area contributed by atoms with E-state index in [-0.39, 0.29) is 17.9 Å². The number of nitrogens with zero attached hydrogens (tertiary/aromatic N) is 1. The molecule has 124 valence electrons. The van der Waals surface area contributed by atoms with Gasteiger partial charge in [0.2, 0.25) is 11.8 Å². The van der Waals surface area contributed by atoms with Gasteiger partial charge in [0.1, 0.15) is 6.04 Å². The van der Waals surface area contributed by atoms with E-state index in [1.165, 1.54) is 0 Å². The second kappa shape index (κ2) is 7.57. The highest BCUT2D eigenvalue weighted by Crippen LogP contribution is 2.17. The molecule has 0 saturated carbocycles. The summed E-state index contributed by atoms with van der Waals surface area (Å²) < 4.78 is 5.31. The van der Waals surface area contributed by atoms with Gasteiger partial charge in [0.05, 0.1) is 13.2 Å². The fraction of sp³-hybridized carbons (Fsp3) is 0.529. The number of hydrogen-bond donors (Lipinski definition) is 2. The molecule has 0 aliphatic carbocycles. The maximum absolute atomic E-state index is 12.2. The van der Waals surface area contributed by atoms with Crippen LogP contribution in [0.15, 0.2) is 24.3 Å². The van der Waals surface area contributed by atoms with Crippen molar-refractivity contribution in [1.82, 2.24) is 15.5 Å². The Labute approximate surface area is 136 Å². The number of carbonyl (C=O) groups is 2. The number of nitrogens with one attached hydrogen (secondary N) is 2. The molecule has 23 heavy (non-hydrogen) atoms. The molecular formula is C17H23N3O3. The average molecular weight is 317 g/mol. The van der Waals surface area contributed by atoms with Gasteiger partial charge in [0.25, 0.3) is 0 Å². The molecule has 1 atom stereocenters. The molecule has 1 unspecified atom stereocenters. The zero-order valence-corrected chi connectivity index (χ0v) is 13.2. The number of likely N-dealkylation sites (tertiary alicyclic amines) is 1. The SMILES string of the molecule is O=C(NCc1ccccc1CN1CCCC1=O)C1COCCN1. The lowest BCUT2D eigenvalue weighted by Gasteiger charge is -2.23. The molecule has 6 nitrogen and oxygen atoms in total. The Morgan fingerprint density at radius 3 is 2.87 bits per heavy atom. The minimum absolute atomic E-state index is 0.0447. The first-order valence-electron chi connectivity index (χ1n) is 8.17. The maximum Gasteiger partial charge on any atom is 0.239 e. The summed E-state index contributed by atoms with van der Waals surface area (Å²) in [5.41, 5.74) is 2.15. The smallest absolute Gasteiger partial charge is 0.239 e. The summed E-state index contributed by atoms with van der Waals surface area (Å²) in [7, 11) is 0. The van der Waals surface area contributed by atoms with E-state index >= 15 is 0 Å². The van der Waals surface area contributed by atoms with E-state index < -0.39 is 0 Å². The summed E-state index contributed by atoms with van der Waals surface area (Å²) >= 11 is 0. The van der Waals surface area contributed by atoms with E-state index in [9.17, 15) is 9.59 Å². The standard InChI is InChI=1S/C17H23N3O3/c21-16-6-3-8-20(16)11-14-5-2-1-4-13(14)10-19-17(22)15-12-23-9-7-18-15/h1-2,4-5,15,18H,3,6-12H2,(H,19,22). The summed E-state index contributed by atoms with van der Waals surface area (Å²) in [6.45, 7) is 3.67. The molecule has 2 amide bonds. The van der Waals surface area contributed by atoms with Gasteiger partial charge in [-0.05, 0) is 17.5 Å². The second-order valence-electron chi connectivity index (χ2n) is 5.99. The van der Waals surface area contributed by atoms with Crippen LogP contribution in [0.3, 0.4) is 0 Å². The van der Waals surface area contributed by atoms with Crippen molar-refractivity contribution < 1.29 is 14.3 Å². The molecule has 0 bridgehead atoms. The van der Waals surface area contributed by atoms with Gasteiger partial charge in [-0.1, -0.05) is 24.3 Å². The van der Waals surface area contributed by atoms with Crippen LogP contribution >= 0.6 is 0 Å². The van der Waals surface area contributed by atoms with E-state index in [0.29, 0.717) is 39.3 Å². The third-order valence-corrected chi connectivity index (χ3v) is 4.34. The van der Waals surface area contributed by atoms with Crippen molar-refractivity contribution in [3.05, 3.63) is 35.4 Å². The molecule has 2 N–H and O–H groups in total. The topological polar surface area (TPSA) is 70.7 Å². The van der Waals surface area contributed by atoms with E-state index in [1.807, 2.05) is 29.2 Å². The molecule has 2 saturated heterocycles. The Bertz CT molecular complexity index is 570. The fourth-order valence-electron chi connectivity index (χ4n) is 3.00. The zero-order valence-electron chi connectivity index (χ0n) is 13.2. The van der Waals surface area contributed by atoms with Gasteiger partial charge < -0.3 is 20.3 Å². The van der Waals surface area contributed by atoms with Crippen LogP contribution in [0.2, 0.25) is 0 Å². The number of hydrogen-bond acceptors (Lipinski definition) is 4. The molecule has 0 aromatic heterocycles. The average Bonchev–Trinajstić information content (AvgIpc) is 2.99. The minimum Gasteiger partial charge on any atom is -0.378 e. The van der Waals surface area contributed by atoms with Crippen molar-refractivity contribution in [3.8, 4) is 0 Å². The number of amides is 2. The van der Waals surface area contributed by atoms with Crippen LogP contribution in [-0.4, -0.2) is 49.1 Å². The first kappa shape index (κ1) is 16.0. The second-order valence-corrected chi connectivity index (χ2v) is 5.99. The minimum atomic E-state index is -0.281. The molecule has 2 aliphatic rings. The van der Waals surface area contributed by atoms with Gasteiger partial charge in [-0.25, -0.2) is 0 Å². The summed E-state index contributed by atoms with van der Waals surface area (Å²) in [6, 6.07) is 7.67. The molecule has 1 aromatic carbocycles. The van der Waals surface area contributed by atoms with E-state index in [2.05, 4.69) is 10.6 Å². The summed E-state index contributed by atoms with van der Waals surface area (Å²) in [5, 5.41) is 6.10. The molecule has 2 aliphatic heterocycles. The van der Waals surface area contributed by atoms with E-state index in [0.717, 1.165) is 24.1 Å². The molecule has 3 rings (SSSR count). The number of ether oxygens (including phenoxy) is 1. The van der Waals surface area contributed by atoms with Gasteiger partial charge in [-0.15, -0.1) is 0 Å². The van der Waals surface area contributed by atoms with Gasteiger partial charge in [0.15, 0.2) is 0 Å². The van der Waals surface area contributed by atoms with Crippen LogP contribution in [0.1, 0.15) is 24.0 Å². The predicted molar refractivity (Wildman–Crippen MR) is 85.5 cm³/mol. The molecular weight excluding hydrogens is 294 g/mol. The quantitative estimate of drug-likeness (QED) is 0.825. The highest BCUT2D eigenvalue weighted by molar-refractivity contribution is 5.82. The van der Waals surface area contributed by atoms with Crippen LogP contribution in [0.5, 0.6) is 0 Å². The van der Waals surface area contributed by atoms with Gasteiger partial charge >= 0.3 is 0 Å². The van der Waals surface area contributed by atoms with Crippen molar-refractivity contribution in [3.63, 3.8) is 0 Å². The largest absolute Gasteiger partial charge is 0.378 e. The fourth-order valence-corrected chi connectivity index (χ4v) is 3.00. The van der Waals surface area contributed by atoms with Gasteiger partial charge in [-0.2, -0.15) is 0 Å². The van der Waals surface area contributed by atoms with Crippen LogP contribution in [0.25, 0.3) is 0 Å². The predicted octanol–water partition coefficient (Wildman–Crippen LogP) is 0.414. The Balaban J connectivity index is 1.59. The maximum atomic E-state index is 12.2. The zero-order chi connectivity index (χ0) is 16.1. The Kier molecular flexibility index (Phi) is 5.25. The normalized spacial score (nSPS) is 21.5. The van der Waals surface area contributed by atoms with Crippen LogP contribution in [-0.2, 0) is 27.4 Å². The van der Waals surface area contributed by atoms with Gasteiger partial charge in [-0.3, -0.25) is 9.59 Å². The Morgan fingerprint density at radius 1 is 1.35 bits per heavy atom. The Morgan fingerprint density at radius 2 is 2.17 bits per heavy atom. The number of morpholine rings is 1. The van der Waals surface area contributed by atoms with Crippen molar-refractivity contribution in [2.24, 2.45) is 0 Å². The van der Waals surface area contributed by atoms with Crippen molar-refractivity contribution in [1.29, 1.82) is 0 Å². The first-order chi connectivity index (χ1) is 11.2. The van der Waals surface area contributed by atoms with Crippen molar-refractivity contribution in [2.75, 3.05) is 26.3 Å². The molecule has 1 aromatic rings. The first-order valence-corrected chi connectivity index (χ1v) is 8.17. The molecule has 6 heteroatoms. The molecule has 0 radical (unpaired) electrons. The highest BCUT2D eigenvalue weighted by atomic mass is 16.5. The number of rotatable bonds is 5. The molecule has 0 spiro atoms. The van der Waals surface area contributed by atoms with Crippen LogP contribution in [0, 0.1) is 0 Å². The van der Waals surface area contributed by atoms with Crippen molar-refractivity contribution in [2.45, 2.75) is 32.0 Å². The number of carbonyl (C=O) groups excluding carboxylic acids is 2. The molecule has 2 heterocycles. The third kappa shape index (κ3) is 4.09. The summed E-state index contributed by atoms with van der Waals surface area (Å²) in [5.74, 6) is 0.171. The third-order valence-electron chi connectivity index (χ3n) is 4.34. The summed E-state index contributed by atoms with van der Waals surface area (Å²) in [6.07, 6.45) is 1.58. The monoisotopic (exact) mass is 317 g/mol. The van der Waals surface area contributed by atoms with E-state index in [4.69, 9.17) is 4.74 Å². The van der Waals surface area contributed by atoms with Crippen molar-refractivity contribution >= 4 is 11.8 Å². The highest BCUT2D eigenvalue weighted by Gasteiger charge is 2.22. The van der Waals surface area contributed by atoms with E-state index in [1.54, 1.807) is 0 Å². The summed E-state index contributed by atoms with van der Waals surface area (Å²) in [4.78, 5) is 25.8. The molecule has 2 fully saturated rings. The lowest BCUT2D eigenvalue weighted by Crippen LogP contribution is -2.51.